The Kier molecular flexibility index (Phi) is 5.36. The lowest BCUT2D eigenvalue weighted by Gasteiger charge is -2.03. The lowest BCUT2D eigenvalue weighted by Crippen LogP contribution is -2.22. The van der Waals surface area contributed by atoms with Gasteiger partial charge >= 0.3 is 0 Å². The van der Waals surface area contributed by atoms with Crippen LogP contribution in [0.15, 0.2) is 34.2 Å². The number of aromatic nitrogens is 5. The summed E-state index contributed by atoms with van der Waals surface area (Å²) in [6, 6.07) is 7.43. The van der Waals surface area contributed by atoms with E-state index in [4.69, 9.17) is 35.4 Å². The number of halogens is 2. The van der Waals surface area contributed by atoms with E-state index in [9.17, 15) is 4.79 Å². The first-order valence-electron chi connectivity index (χ1n) is 7.57. The van der Waals surface area contributed by atoms with Gasteiger partial charge in [-0.3, -0.25) is 9.89 Å². The van der Waals surface area contributed by atoms with Crippen LogP contribution in [0.5, 0.6) is 0 Å². The number of H-pyrrole nitrogens is 1. The van der Waals surface area contributed by atoms with Crippen molar-refractivity contribution < 1.29 is 0 Å². The van der Waals surface area contributed by atoms with Crippen molar-refractivity contribution in [2.24, 2.45) is 5.10 Å². The number of rotatable bonds is 4. The minimum atomic E-state index is -0.396. The summed E-state index contributed by atoms with van der Waals surface area (Å²) in [5.74, 6) is 0. The molecule has 0 atom stereocenters. The molecule has 2 heterocycles. The molecule has 7 nitrogen and oxygen atoms in total. The molecule has 1 aromatic carbocycles. The van der Waals surface area contributed by atoms with Gasteiger partial charge in [-0.2, -0.15) is 20.0 Å². The van der Waals surface area contributed by atoms with Crippen LogP contribution in [0.1, 0.15) is 22.5 Å². The standard InChI is InChI=1S/C16H14Cl2N6OS/c1-9-13(7-19-24-15(25)10(2)20-21-16(24)26)14(18)23(22-9)8-11-3-5-12(17)6-4-11/h3-7H,8H2,1-2H3,(H,21,26)/b19-7+. The molecule has 1 N–H and O–H groups in total. The predicted molar refractivity (Wildman–Crippen MR) is 104 cm³/mol. The van der Waals surface area contributed by atoms with Gasteiger partial charge in [-0.1, -0.05) is 35.3 Å². The van der Waals surface area contributed by atoms with Crippen LogP contribution in [0.3, 0.4) is 0 Å². The molecule has 0 aliphatic rings. The molecule has 0 fully saturated rings. The summed E-state index contributed by atoms with van der Waals surface area (Å²) in [6.45, 7) is 3.87. The van der Waals surface area contributed by atoms with E-state index in [1.165, 1.54) is 6.21 Å². The predicted octanol–water partition coefficient (Wildman–Crippen LogP) is 3.35. The van der Waals surface area contributed by atoms with Gasteiger partial charge in [0.2, 0.25) is 4.77 Å². The maximum absolute atomic E-state index is 12.1. The van der Waals surface area contributed by atoms with Gasteiger partial charge in [0.1, 0.15) is 10.8 Å². The van der Waals surface area contributed by atoms with Crippen molar-refractivity contribution in [2.45, 2.75) is 20.4 Å². The monoisotopic (exact) mass is 408 g/mol. The number of aryl methyl sites for hydroxylation is 2. The number of benzene rings is 1. The average Bonchev–Trinajstić information content (AvgIpc) is 2.87. The molecule has 0 unspecified atom stereocenters. The van der Waals surface area contributed by atoms with Crippen LogP contribution in [0, 0.1) is 18.6 Å². The zero-order chi connectivity index (χ0) is 18.8. The van der Waals surface area contributed by atoms with E-state index < -0.39 is 5.56 Å². The van der Waals surface area contributed by atoms with E-state index in [0.29, 0.717) is 28.0 Å². The van der Waals surface area contributed by atoms with E-state index >= 15 is 0 Å². The molecule has 3 rings (SSSR count). The van der Waals surface area contributed by atoms with Crippen molar-refractivity contribution in [3.05, 3.63) is 72.1 Å². The van der Waals surface area contributed by atoms with E-state index in [1.54, 1.807) is 11.6 Å². The maximum atomic E-state index is 12.1. The van der Waals surface area contributed by atoms with E-state index in [0.717, 1.165) is 10.2 Å². The Morgan fingerprint density at radius 1 is 1.23 bits per heavy atom. The minimum Gasteiger partial charge on any atom is -0.265 e. The second kappa shape index (κ2) is 7.53. The molecule has 10 heteroatoms. The third-order valence-electron chi connectivity index (χ3n) is 3.67. The summed E-state index contributed by atoms with van der Waals surface area (Å²) >= 11 is 17.4. The summed E-state index contributed by atoms with van der Waals surface area (Å²) in [5.41, 5.74) is 2.16. The van der Waals surface area contributed by atoms with Crippen LogP contribution in [0.2, 0.25) is 10.2 Å². The molecule has 134 valence electrons. The summed E-state index contributed by atoms with van der Waals surface area (Å²) in [7, 11) is 0. The molecule has 0 radical (unpaired) electrons. The third-order valence-corrected chi connectivity index (χ3v) is 4.59. The van der Waals surface area contributed by atoms with Crippen LogP contribution < -0.4 is 5.56 Å². The van der Waals surface area contributed by atoms with Gasteiger partial charge in [0.15, 0.2) is 0 Å². The highest BCUT2D eigenvalue weighted by molar-refractivity contribution is 7.71. The molecule has 2 aromatic heterocycles. The van der Waals surface area contributed by atoms with Gasteiger partial charge in [0.05, 0.1) is 24.0 Å². The molecule has 26 heavy (non-hydrogen) atoms. The van der Waals surface area contributed by atoms with Gasteiger partial charge in [0, 0.05) is 5.02 Å². The van der Waals surface area contributed by atoms with Gasteiger partial charge in [-0.05, 0) is 43.8 Å². The number of hydrogen-bond acceptors (Lipinski definition) is 5. The summed E-state index contributed by atoms with van der Waals surface area (Å²) in [6.07, 6.45) is 1.47. The Bertz CT molecular complexity index is 1100. The van der Waals surface area contributed by atoms with E-state index in [-0.39, 0.29) is 10.5 Å². The van der Waals surface area contributed by atoms with Crippen LogP contribution in [-0.4, -0.2) is 30.9 Å². The first-order chi connectivity index (χ1) is 12.4. The Labute approximate surface area is 163 Å². The summed E-state index contributed by atoms with van der Waals surface area (Å²) in [5, 5.41) is 16.0. The van der Waals surface area contributed by atoms with E-state index in [2.05, 4.69) is 20.4 Å². The van der Waals surface area contributed by atoms with Crippen molar-refractivity contribution >= 4 is 41.6 Å². The topological polar surface area (TPSA) is 80.9 Å². The Balaban J connectivity index is 1.94. The lowest BCUT2D eigenvalue weighted by atomic mass is 10.2. The molecule has 0 saturated carbocycles. The Hall–Kier alpha value is -2.29. The fraction of sp³-hybridized carbons (Fsp3) is 0.188. The highest BCUT2D eigenvalue weighted by Crippen LogP contribution is 2.20. The molecule has 0 bridgehead atoms. The molecule has 0 aliphatic carbocycles. The second-order valence-corrected chi connectivity index (χ2v) is 6.73. The van der Waals surface area contributed by atoms with Crippen LogP contribution >= 0.6 is 35.4 Å². The fourth-order valence-corrected chi connectivity index (χ4v) is 2.86. The lowest BCUT2D eigenvalue weighted by molar-refractivity contribution is 0.680. The summed E-state index contributed by atoms with van der Waals surface area (Å²) < 4.78 is 2.81. The zero-order valence-electron chi connectivity index (χ0n) is 13.9. The molecule has 0 saturated heterocycles. The SMILES string of the molecule is Cc1nn(Cc2ccc(Cl)cc2)c(Cl)c1/C=N/n1c(=S)[nH]nc(C)c1=O. The number of nitrogens with one attached hydrogen (secondary N) is 1. The van der Waals surface area contributed by atoms with Crippen LogP contribution in [0.4, 0.5) is 0 Å². The minimum absolute atomic E-state index is 0.0965. The fourth-order valence-electron chi connectivity index (χ4n) is 2.27. The first kappa shape index (κ1) is 18.5. The molecule has 3 aromatic rings. The normalized spacial score (nSPS) is 11.4. The first-order valence-corrected chi connectivity index (χ1v) is 8.73. The van der Waals surface area contributed by atoms with E-state index in [1.807, 2.05) is 31.2 Å². The quantitative estimate of drug-likeness (QED) is 0.529. The van der Waals surface area contributed by atoms with Crippen molar-refractivity contribution in [2.75, 3.05) is 0 Å². The highest BCUT2D eigenvalue weighted by Gasteiger charge is 2.12. The molecule has 0 spiro atoms. The van der Waals surface area contributed by atoms with Crippen molar-refractivity contribution in [3.8, 4) is 0 Å². The highest BCUT2D eigenvalue weighted by atomic mass is 35.5. The largest absolute Gasteiger partial charge is 0.296 e. The molecular weight excluding hydrogens is 395 g/mol. The van der Waals surface area contributed by atoms with Gasteiger partial charge in [-0.15, -0.1) is 0 Å². The smallest absolute Gasteiger partial charge is 0.265 e. The Morgan fingerprint density at radius 3 is 2.62 bits per heavy atom. The van der Waals surface area contributed by atoms with Crippen molar-refractivity contribution in [1.82, 2.24) is 24.7 Å². The number of nitrogens with zero attached hydrogens (tertiary/aromatic N) is 5. The van der Waals surface area contributed by atoms with Gasteiger partial charge in [-0.25, -0.2) is 4.68 Å². The van der Waals surface area contributed by atoms with Gasteiger partial charge in [0.25, 0.3) is 5.56 Å². The number of hydrogen-bond donors (Lipinski definition) is 1. The maximum Gasteiger partial charge on any atom is 0.296 e. The van der Waals surface area contributed by atoms with Crippen molar-refractivity contribution in [1.29, 1.82) is 0 Å². The zero-order valence-corrected chi connectivity index (χ0v) is 16.2. The molecule has 0 amide bonds. The Morgan fingerprint density at radius 2 is 1.92 bits per heavy atom. The van der Waals surface area contributed by atoms with Crippen molar-refractivity contribution in [3.63, 3.8) is 0 Å². The summed E-state index contributed by atoms with van der Waals surface area (Å²) in [4.78, 5) is 12.1. The van der Waals surface area contributed by atoms with Crippen LogP contribution in [-0.2, 0) is 6.54 Å². The average molecular weight is 409 g/mol. The third kappa shape index (κ3) is 3.77. The van der Waals surface area contributed by atoms with Crippen LogP contribution in [0.25, 0.3) is 0 Å². The molecule has 0 aliphatic heterocycles. The number of aromatic amines is 1. The molecular formula is C16H14Cl2N6OS. The van der Waals surface area contributed by atoms with Gasteiger partial charge < -0.3 is 0 Å². The second-order valence-electron chi connectivity index (χ2n) is 5.55.